The number of hydrogen-bond donors (Lipinski definition) is 1. The molecule has 0 saturated heterocycles. The number of carboxylic acids is 1. The second kappa shape index (κ2) is 5.22. The summed E-state index contributed by atoms with van der Waals surface area (Å²) in [6.07, 6.45) is 1.15. The highest BCUT2D eigenvalue weighted by Gasteiger charge is 2.31. The van der Waals surface area contributed by atoms with E-state index >= 15 is 0 Å². The Hall–Kier alpha value is -1.50. The third-order valence-electron chi connectivity index (χ3n) is 1.83. The summed E-state index contributed by atoms with van der Waals surface area (Å²) in [6, 6.07) is 0. The molecule has 0 saturated carbocycles. The SMILES string of the molecule is CCOC(=O)c1coc(SC(C)(C)C(=O)O)n1. The van der Waals surface area contributed by atoms with Gasteiger partial charge in [0.25, 0.3) is 5.22 Å². The standard InChI is InChI=1S/C10H13NO5S/c1-4-15-7(12)6-5-16-9(11-6)17-10(2,3)8(13)14/h5H,4H2,1-3H3,(H,13,14). The molecule has 1 rings (SSSR count). The number of carbonyl (C=O) groups excluding carboxylic acids is 1. The van der Waals surface area contributed by atoms with Crippen LogP contribution in [0.25, 0.3) is 0 Å². The van der Waals surface area contributed by atoms with Crippen molar-refractivity contribution in [1.29, 1.82) is 0 Å². The minimum absolute atomic E-state index is 0.0375. The van der Waals surface area contributed by atoms with E-state index in [2.05, 4.69) is 4.98 Å². The zero-order chi connectivity index (χ0) is 13.1. The Labute approximate surface area is 102 Å². The molecule has 1 aromatic rings. The van der Waals surface area contributed by atoms with Crippen molar-refractivity contribution in [2.45, 2.75) is 30.7 Å². The first-order chi connectivity index (χ1) is 7.86. The van der Waals surface area contributed by atoms with Crippen LogP contribution in [-0.4, -0.2) is 33.4 Å². The summed E-state index contributed by atoms with van der Waals surface area (Å²) in [5, 5.41) is 9.05. The molecule has 0 atom stereocenters. The largest absolute Gasteiger partial charge is 0.480 e. The van der Waals surface area contributed by atoms with Crippen molar-refractivity contribution in [1.82, 2.24) is 4.98 Å². The fraction of sp³-hybridized carbons (Fsp3) is 0.500. The minimum Gasteiger partial charge on any atom is -0.480 e. The zero-order valence-electron chi connectivity index (χ0n) is 9.72. The molecule has 0 aliphatic carbocycles. The van der Waals surface area contributed by atoms with E-state index in [-0.39, 0.29) is 17.5 Å². The lowest BCUT2D eigenvalue weighted by atomic mass is 10.2. The molecule has 17 heavy (non-hydrogen) atoms. The van der Waals surface area contributed by atoms with Gasteiger partial charge in [0.05, 0.1) is 6.61 Å². The van der Waals surface area contributed by atoms with Crippen molar-refractivity contribution in [2.24, 2.45) is 0 Å². The van der Waals surface area contributed by atoms with Crippen molar-refractivity contribution in [3.8, 4) is 0 Å². The predicted octanol–water partition coefficient (Wildman–Crippen LogP) is 1.81. The lowest BCUT2D eigenvalue weighted by Gasteiger charge is -2.14. The smallest absolute Gasteiger partial charge is 0.360 e. The van der Waals surface area contributed by atoms with Gasteiger partial charge in [0, 0.05) is 0 Å². The Bertz CT molecular complexity index is 426. The van der Waals surface area contributed by atoms with Gasteiger partial charge in [-0.05, 0) is 32.5 Å². The number of aliphatic carboxylic acids is 1. The topological polar surface area (TPSA) is 89.6 Å². The van der Waals surface area contributed by atoms with Gasteiger partial charge in [-0.25, -0.2) is 4.79 Å². The maximum atomic E-state index is 11.3. The van der Waals surface area contributed by atoms with E-state index in [1.807, 2.05) is 0 Å². The Balaban J connectivity index is 2.75. The number of carbonyl (C=O) groups is 2. The highest BCUT2D eigenvalue weighted by atomic mass is 32.2. The van der Waals surface area contributed by atoms with Crippen LogP contribution < -0.4 is 0 Å². The maximum Gasteiger partial charge on any atom is 0.360 e. The van der Waals surface area contributed by atoms with Gasteiger partial charge in [-0.15, -0.1) is 0 Å². The number of nitrogens with zero attached hydrogens (tertiary/aromatic N) is 1. The van der Waals surface area contributed by atoms with Gasteiger partial charge in [-0.1, -0.05) is 0 Å². The van der Waals surface area contributed by atoms with Crippen LogP contribution in [0.1, 0.15) is 31.3 Å². The molecule has 1 N–H and O–H groups in total. The van der Waals surface area contributed by atoms with Crippen LogP contribution in [0.15, 0.2) is 15.9 Å². The van der Waals surface area contributed by atoms with Crippen LogP contribution in [0.5, 0.6) is 0 Å². The van der Waals surface area contributed by atoms with E-state index in [4.69, 9.17) is 14.3 Å². The average molecular weight is 259 g/mol. The quantitative estimate of drug-likeness (QED) is 0.637. The van der Waals surface area contributed by atoms with Gasteiger partial charge >= 0.3 is 11.9 Å². The molecule has 0 amide bonds. The summed E-state index contributed by atoms with van der Waals surface area (Å²) < 4.78 is 8.66. The molecular weight excluding hydrogens is 246 g/mol. The van der Waals surface area contributed by atoms with Crippen molar-refractivity contribution < 1.29 is 23.8 Å². The van der Waals surface area contributed by atoms with Crippen LogP contribution in [-0.2, 0) is 9.53 Å². The number of ether oxygens (including phenoxy) is 1. The number of rotatable bonds is 5. The minimum atomic E-state index is -1.07. The van der Waals surface area contributed by atoms with Gasteiger partial charge in [0.15, 0.2) is 5.69 Å². The van der Waals surface area contributed by atoms with Crippen LogP contribution in [0, 0.1) is 0 Å². The van der Waals surface area contributed by atoms with Crippen LogP contribution in [0.4, 0.5) is 0 Å². The van der Waals surface area contributed by atoms with Gasteiger partial charge < -0.3 is 14.3 Å². The molecule has 7 heteroatoms. The molecule has 94 valence electrons. The molecule has 0 radical (unpaired) electrons. The molecule has 6 nitrogen and oxygen atoms in total. The third kappa shape index (κ3) is 3.48. The summed E-state index contributed by atoms with van der Waals surface area (Å²) >= 11 is 0.925. The Morgan fingerprint density at radius 3 is 2.76 bits per heavy atom. The first-order valence-corrected chi connectivity index (χ1v) is 5.73. The summed E-state index contributed by atoms with van der Waals surface area (Å²) in [6.45, 7) is 4.97. The molecule has 0 spiro atoms. The number of esters is 1. The average Bonchev–Trinajstić information content (AvgIpc) is 2.65. The molecule has 0 unspecified atom stereocenters. The van der Waals surface area contributed by atoms with E-state index < -0.39 is 16.7 Å². The van der Waals surface area contributed by atoms with E-state index in [1.54, 1.807) is 6.92 Å². The third-order valence-corrected chi connectivity index (χ3v) is 2.87. The summed E-state index contributed by atoms with van der Waals surface area (Å²) in [5.41, 5.74) is 0.0375. The molecular formula is C10H13NO5S. The molecule has 0 fully saturated rings. The lowest BCUT2D eigenvalue weighted by molar-refractivity contribution is -0.138. The Kier molecular flexibility index (Phi) is 4.17. The molecule has 1 heterocycles. The Morgan fingerprint density at radius 1 is 1.59 bits per heavy atom. The van der Waals surface area contributed by atoms with Crippen LogP contribution in [0.2, 0.25) is 0 Å². The molecule has 0 aliphatic rings. The van der Waals surface area contributed by atoms with E-state index in [1.165, 1.54) is 13.8 Å². The molecule has 0 aromatic carbocycles. The number of carboxylic acid groups (broad SMARTS) is 1. The van der Waals surface area contributed by atoms with Gasteiger partial charge in [-0.2, -0.15) is 4.98 Å². The lowest BCUT2D eigenvalue weighted by Crippen LogP contribution is -2.26. The Morgan fingerprint density at radius 2 is 2.24 bits per heavy atom. The summed E-state index contributed by atoms with van der Waals surface area (Å²) in [5.74, 6) is -1.57. The van der Waals surface area contributed by atoms with Crippen molar-refractivity contribution >= 4 is 23.7 Å². The summed E-state index contributed by atoms with van der Waals surface area (Å²) in [4.78, 5) is 26.0. The van der Waals surface area contributed by atoms with Gasteiger partial charge in [0.2, 0.25) is 0 Å². The highest BCUT2D eigenvalue weighted by Crippen LogP contribution is 2.31. The zero-order valence-corrected chi connectivity index (χ0v) is 10.5. The molecule has 1 aromatic heterocycles. The summed E-state index contributed by atoms with van der Waals surface area (Å²) in [7, 11) is 0. The monoisotopic (exact) mass is 259 g/mol. The predicted molar refractivity (Wildman–Crippen MR) is 60.0 cm³/mol. The highest BCUT2D eigenvalue weighted by molar-refractivity contribution is 8.01. The second-order valence-corrected chi connectivity index (χ2v) is 5.21. The molecule has 0 bridgehead atoms. The van der Waals surface area contributed by atoms with Crippen molar-refractivity contribution in [3.05, 3.63) is 12.0 Å². The first-order valence-electron chi connectivity index (χ1n) is 4.92. The normalized spacial score (nSPS) is 11.2. The second-order valence-electron chi connectivity index (χ2n) is 3.64. The fourth-order valence-electron chi connectivity index (χ4n) is 0.865. The van der Waals surface area contributed by atoms with Crippen molar-refractivity contribution in [2.75, 3.05) is 6.61 Å². The van der Waals surface area contributed by atoms with Crippen LogP contribution in [0.3, 0.4) is 0 Å². The number of thioether (sulfide) groups is 1. The number of aromatic nitrogens is 1. The van der Waals surface area contributed by atoms with Gasteiger partial charge in [-0.3, -0.25) is 4.79 Å². The van der Waals surface area contributed by atoms with E-state index in [0.717, 1.165) is 18.0 Å². The number of oxazole rings is 1. The van der Waals surface area contributed by atoms with E-state index in [9.17, 15) is 9.59 Å². The molecule has 0 aliphatic heterocycles. The van der Waals surface area contributed by atoms with Crippen LogP contribution >= 0.6 is 11.8 Å². The van der Waals surface area contributed by atoms with Gasteiger partial charge in [0.1, 0.15) is 11.0 Å². The first kappa shape index (κ1) is 13.6. The fourth-order valence-corrected chi connectivity index (χ4v) is 1.63. The maximum absolute atomic E-state index is 11.3. The number of hydrogen-bond acceptors (Lipinski definition) is 6. The van der Waals surface area contributed by atoms with Crippen molar-refractivity contribution in [3.63, 3.8) is 0 Å². The van der Waals surface area contributed by atoms with E-state index in [0.29, 0.717) is 0 Å².